The van der Waals surface area contributed by atoms with E-state index in [1.54, 1.807) is 43.5 Å². The van der Waals surface area contributed by atoms with Crippen LogP contribution >= 0.6 is 0 Å². The quantitative estimate of drug-likeness (QED) is 0.376. The topological polar surface area (TPSA) is 136 Å². The highest BCUT2D eigenvalue weighted by Crippen LogP contribution is 2.37. The predicted octanol–water partition coefficient (Wildman–Crippen LogP) is 2.25. The molecule has 1 saturated heterocycles. The van der Waals surface area contributed by atoms with Crippen molar-refractivity contribution in [3.05, 3.63) is 53.6 Å². The Hall–Kier alpha value is -2.78. The number of aliphatic hydroxyl groups excluding tert-OH is 3. The lowest BCUT2D eigenvalue weighted by atomic mass is 9.91. The van der Waals surface area contributed by atoms with Crippen LogP contribution < -0.4 is 4.74 Å². The van der Waals surface area contributed by atoms with E-state index in [1.807, 2.05) is 6.07 Å². The van der Waals surface area contributed by atoms with Crippen LogP contribution in [0.4, 0.5) is 0 Å². The van der Waals surface area contributed by atoms with E-state index in [-0.39, 0.29) is 24.8 Å². The monoisotopic (exact) mass is 414 g/mol. The fourth-order valence-electron chi connectivity index (χ4n) is 3.49. The van der Waals surface area contributed by atoms with Crippen molar-refractivity contribution in [3.8, 4) is 16.9 Å². The number of hydrogen-bond acceptors (Lipinski definition) is 8. The zero-order chi connectivity index (χ0) is 21.8. The van der Waals surface area contributed by atoms with Crippen molar-refractivity contribution in [2.75, 3.05) is 13.7 Å². The van der Waals surface area contributed by atoms with Gasteiger partial charge in [-0.05, 0) is 35.4 Å². The Morgan fingerprint density at radius 2 is 1.83 bits per heavy atom. The molecule has 30 heavy (non-hydrogen) atoms. The first-order valence-electron chi connectivity index (χ1n) is 9.56. The molecule has 3 unspecified atom stereocenters. The first-order chi connectivity index (χ1) is 14.3. The van der Waals surface area contributed by atoms with Gasteiger partial charge in [-0.25, -0.2) is 0 Å². The third kappa shape index (κ3) is 4.68. The smallest absolute Gasteiger partial charge is 0.220 e. The van der Waals surface area contributed by atoms with Crippen LogP contribution in [0.15, 0.2) is 42.5 Å². The van der Waals surface area contributed by atoms with Gasteiger partial charge in [0.2, 0.25) is 5.90 Å². The summed E-state index contributed by atoms with van der Waals surface area (Å²) in [5.74, 6) is 0.433. The van der Waals surface area contributed by atoms with E-state index in [2.05, 4.69) is 0 Å². The molecule has 3 rings (SSSR count). The van der Waals surface area contributed by atoms with Crippen LogP contribution in [0.1, 0.15) is 30.6 Å². The standard InChI is InChI=1S/C22H26N2O6/c1-12(23)29-22(24)14-5-3-13(4-6-14)17-9-15(7-8-19(17)28-2)21-20(27)18(26)10-16(11-25)30-21/h3-9,16,18,20-21,23-27H,10-11H2,1-2H3/t16?,18?,20?,21-/m1/s1. The number of methoxy groups -OCH3 is 1. The zero-order valence-corrected chi connectivity index (χ0v) is 16.8. The summed E-state index contributed by atoms with van der Waals surface area (Å²) in [4.78, 5) is 0. The second-order valence-corrected chi connectivity index (χ2v) is 7.18. The lowest BCUT2D eigenvalue weighted by Gasteiger charge is -2.37. The summed E-state index contributed by atoms with van der Waals surface area (Å²) in [5.41, 5.74) is 2.73. The van der Waals surface area contributed by atoms with Crippen molar-refractivity contribution in [1.29, 1.82) is 10.8 Å². The summed E-state index contributed by atoms with van der Waals surface area (Å²) in [5, 5.41) is 45.2. The number of hydrogen-bond donors (Lipinski definition) is 5. The molecule has 0 saturated carbocycles. The largest absolute Gasteiger partial charge is 0.496 e. The highest BCUT2D eigenvalue weighted by Gasteiger charge is 2.37. The lowest BCUT2D eigenvalue weighted by molar-refractivity contribution is -0.179. The van der Waals surface area contributed by atoms with Crippen LogP contribution in [0.25, 0.3) is 11.1 Å². The second kappa shape index (κ2) is 9.36. The lowest BCUT2D eigenvalue weighted by Crippen LogP contribution is -2.44. The van der Waals surface area contributed by atoms with Crippen LogP contribution in [0, 0.1) is 10.8 Å². The second-order valence-electron chi connectivity index (χ2n) is 7.18. The Morgan fingerprint density at radius 1 is 1.13 bits per heavy atom. The summed E-state index contributed by atoms with van der Waals surface area (Å²) in [7, 11) is 1.56. The molecule has 1 aliphatic rings. The zero-order valence-electron chi connectivity index (χ0n) is 16.8. The first-order valence-corrected chi connectivity index (χ1v) is 9.56. The van der Waals surface area contributed by atoms with Gasteiger partial charge in [0.25, 0.3) is 0 Å². The van der Waals surface area contributed by atoms with Crippen molar-refractivity contribution in [2.24, 2.45) is 0 Å². The molecule has 0 spiro atoms. The van der Waals surface area contributed by atoms with Gasteiger partial charge in [0.15, 0.2) is 5.90 Å². The van der Waals surface area contributed by atoms with Crippen LogP contribution in [-0.2, 0) is 9.47 Å². The minimum atomic E-state index is -1.11. The Morgan fingerprint density at radius 3 is 2.43 bits per heavy atom. The van der Waals surface area contributed by atoms with Gasteiger partial charge in [-0.15, -0.1) is 0 Å². The average Bonchev–Trinajstić information content (AvgIpc) is 2.74. The van der Waals surface area contributed by atoms with Crippen molar-refractivity contribution >= 4 is 11.8 Å². The number of nitrogens with one attached hydrogen (secondary N) is 2. The third-order valence-corrected chi connectivity index (χ3v) is 5.02. The minimum absolute atomic E-state index is 0.0622. The van der Waals surface area contributed by atoms with Crippen molar-refractivity contribution in [2.45, 2.75) is 37.8 Å². The molecule has 0 aliphatic carbocycles. The fourth-order valence-corrected chi connectivity index (χ4v) is 3.49. The summed E-state index contributed by atoms with van der Waals surface area (Å²) in [6, 6.07) is 12.4. The molecule has 0 radical (unpaired) electrons. The third-order valence-electron chi connectivity index (χ3n) is 5.02. The van der Waals surface area contributed by atoms with Crippen LogP contribution in [0.3, 0.4) is 0 Å². The Bertz CT molecular complexity index is 914. The van der Waals surface area contributed by atoms with Crippen molar-refractivity contribution in [3.63, 3.8) is 0 Å². The Kier molecular flexibility index (Phi) is 6.84. The predicted molar refractivity (Wildman–Crippen MR) is 111 cm³/mol. The van der Waals surface area contributed by atoms with Crippen molar-refractivity contribution < 1.29 is 29.5 Å². The molecule has 160 valence electrons. The van der Waals surface area contributed by atoms with Gasteiger partial charge in [-0.2, -0.15) is 0 Å². The Labute approximate surface area is 174 Å². The summed E-state index contributed by atoms with van der Waals surface area (Å²) < 4.78 is 16.3. The molecule has 0 amide bonds. The van der Waals surface area contributed by atoms with Gasteiger partial charge in [0, 0.05) is 24.5 Å². The maximum atomic E-state index is 10.4. The maximum Gasteiger partial charge on any atom is 0.220 e. The van der Waals surface area contributed by atoms with Crippen LogP contribution in [-0.4, -0.2) is 59.1 Å². The van der Waals surface area contributed by atoms with E-state index in [0.29, 0.717) is 16.9 Å². The minimum Gasteiger partial charge on any atom is -0.496 e. The molecule has 2 aromatic carbocycles. The molecule has 0 aromatic heterocycles. The van der Waals surface area contributed by atoms with Crippen LogP contribution in [0.2, 0.25) is 0 Å². The Balaban J connectivity index is 1.93. The van der Waals surface area contributed by atoms with Gasteiger partial charge in [0.05, 0.1) is 25.9 Å². The average molecular weight is 414 g/mol. The van der Waals surface area contributed by atoms with E-state index < -0.39 is 24.4 Å². The van der Waals surface area contributed by atoms with Gasteiger partial charge < -0.3 is 29.5 Å². The molecule has 1 aliphatic heterocycles. The molecule has 8 heteroatoms. The van der Waals surface area contributed by atoms with Gasteiger partial charge in [-0.1, -0.05) is 18.2 Å². The molecule has 1 heterocycles. The highest BCUT2D eigenvalue weighted by atomic mass is 16.5. The normalized spacial score (nSPS) is 23.6. The van der Waals surface area contributed by atoms with Crippen molar-refractivity contribution in [1.82, 2.24) is 0 Å². The van der Waals surface area contributed by atoms with E-state index in [1.165, 1.54) is 6.92 Å². The molecule has 4 atom stereocenters. The van der Waals surface area contributed by atoms with Crippen LogP contribution in [0.5, 0.6) is 5.75 Å². The van der Waals surface area contributed by atoms with E-state index in [0.717, 1.165) is 11.1 Å². The SMILES string of the molecule is COc1ccc([C@H]2OC(CO)CC(O)C2O)cc1-c1ccc(C(=N)OC(C)=N)cc1. The summed E-state index contributed by atoms with van der Waals surface area (Å²) >= 11 is 0. The molecular formula is C22H26N2O6. The molecule has 0 bridgehead atoms. The maximum absolute atomic E-state index is 10.4. The number of aliphatic hydroxyl groups is 3. The van der Waals surface area contributed by atoms with Gasteiger partial charge in [-0.3, -0.25) is 10.8 Å². The summed E-state index contributed by atoms with van der Waals surface area (Å²) in [6.07, 6.45) is -3.28. The van der Waals surface area contributed by atoms with E-state index >= 15 is 0 Å². The number of rotatable bonds is 5. The fraction of sp³-hybridized carbons (Fsp3) is 0.364. The molecule has 5 N–H and O–H groups in total. The number of benzene rings is 2. The summed E-state index contributed by atoms with van der Waals surface area (Å²) in [6.45, 7) is 1.22. The van der Waals surface area contributed by atoms with Gasteiger partial charge in [0.1, 0.15) is 18.0 Å². The number of ether oxygens (including phenoxy) is 3. The van der Waals surface area contributed by atoms with E-state index in [4.69, 9.17) is 25.0 Å². The molecule has 2 aromatic rings. The highest BCUT2D eigenvalue weighted by molar-refractivity contribution is 5.98. The molecule has 1 fully saturated rings. The molecule has 8 nitrogen and oxygen atoms in total. The van der Waals surface area contributed by atoms with E-state index in [9.17, 15) is 15.3 Å². The molecular weight excluding hydrogens is 388 g/mol. The first kappa shape index (κ1) is 21.9. The van der Waals surface area contributed by atoms with Gasteiger partial charge >= 0.3 is 0 Å².